The van der Waals surface area contributed by atoms with E-state index in [4.69, 9.17) is 14.2 Å². The summed E-state index contributed by atoms with van der Waals surface area (Å²) >= 11 is 0. The Hall–Kier alpha value is -12.1. The molecule has 0 saturated carbocycles. The van der Waals surface area contributed by atoms with E-state index in [1.807, 2.05) is 34.6 Å². The predicted molar refractivity (Wildman–Crippen MR) is 405 cm³/mol. The normalized spacial score (nSPS) is 12.6. The summed E-state index contributed by atoms with van der Waals surface area (Å²) in [6, 6.07) is 34.9. The molecule has 141 heavy (non-hydrogen) atoms. The summed E-state index contributed by atoms with van der Waals surface area (Å²) in [4.78, 5) is 0. The minimum atomic E-state index is -4.99. The van der Waals surface area contributed by atoms with Gasteiger partial charge in [0.25, 0.3) is 0 Å². The zero-order valence-electron chi connectivity index (χ0n) is 71.9. The van der Waals surface area contributed by atoms with Gasteiger partial charge in [0.2, 0.25) is 0 Å². The summed E-state index contributed by atoms with van der Waals surface area (Å²) in [5.74, 6) is -6.35. The van der Waals surface area contributed by atoms with Gasteiger partial charge >= 0.3 is 138 Å². The van der Waals surface area contributed by atoms with Crippen LogP contribution < -0.4 is 66.3 Å². The van der Waals surface area contributed by atoms with Crippen LogP contribution in [0.15, 0.2) is 194 Å². The fraction of sp³-hybridized carbons (Fsp3) is 0.422. The van der Waals surface area contributed by atoms with Crippen LogP contribution in [-0.4, -0.2) is 158 Å². The molecule has 8 aromatic rings. The number of rotatable bonds is 40. The molecule has 0 fully saturated rings. The molecule has 0 aliphatic carbocycles. The molecule has 0 heterocycles. The first-order chi connectivity index (χ1) is 64.5. The van der Waals surface area contributed by atoms with Crippen LogP contribution in [-0.2, 0) is 5.41 Å². The van der Waals surface area contributed by atoms with Crippen molar-refractivity contribution < 1.29 is 259 Å². The molecular weight excluding hydrogens is 2060 g/mol. The lowest BCUT2D eigenvalue weighted by Crippen LogP contribution is -2.35. The number of benzene rings is 8. The monoisotopic (exact) mass is 2130 g/mol. The molecule has 0 bridgehead atoms. The highest BCUT2D eigenvalue weighted by Gasteiger charge is 2.52. The van der Waals surface area contributed by atoms with Crippen molar-refractivity contribution in [2.45, 2.75) is 204 Å². The second-order valence-corrected chi connectivity index (χ2v) is 27.1. The van der Waals surface area contributed by atoms with Gasteiger partial charge in [0.15, 0.2) is 23.0 Å². The highest BCUT2D eigenvalue weighted by molar-refractivity contribution is 5.42. The molecule has 0 spiro atoms. The number of para-hydroxylation sites is 4. The fourth-order valence-electron chi connectivity index (χ4n) is 8.33. The van der Waals surface area contributed by atoms with E-state index >= 15 is 0 Å². The van der Waals surface area contributed by atoms with Gasteiger partial charge in [-0.15, -0.1) is 0 Å². The maximum Gasteiger partial charge on any atom is 0.461 e. The van der Waals surface area contributed by atoms with Gasteiger partial charge in [0.05, 0.1) is 20.3 Å². The lowest BCUT2D eigenvalue weighted by atomic mass is 9.87. The van der Waals surface area contributed by atoms with Gasteiger partial charge in [-0.1, -0.05) is 89.2 Å². The molecule has 0 radical (unpaired) electrons. The fourth-order valence-corrected chi connectivity index (χ4v) is 8.33. The zero-order chi connectivity index (χ0) is 109. The minimum Gasteiger partial charge on any atom is -0.497 e. The van der Waals surface area contributed by atoms with E-state index in [0.29, 0.717) is 66.5 Å². The van der Waals surface area contributed by atoms with Gasteiger partial charge < -0.3 is 66.3 Å². The zero-order valence-corrected chi connectivity index (χ0v) is 71.9. The van der Waals surface area contributed by atoms with E-state index in [2.05, 4.69) is 52.1 Å². The summed E-state index contributed by atoms with van der Waals surface area (Å²) in [5, 5.41) is 0. The van der Waals surface area contributed by atoms with E-state index in [9.17, 15) is 193 Å². The highest BCUT2D eigenvalue weighted by atomic mass is 19.4. The Morgan fingerprint density at radius 3 is 0.617 bits per heavy atom. The summed E-state index contributed by atoms with van der Waals surface area (Å²) in [5.41, 5.74) is 1.73. The molecule has 0 amide bonds. The smallest absolute Gasteiger partial charge is 0.461 e. The van der Waals surface area contributed by atoms with E-state index < -0.39 is 178 Å². The van der Waals surface area contributed by atoms with Gasteiger partial charge in [-0.05, 0) is 176 Å². The summed E-state index contributed by atoms with van der Waals surface area (Å²) < 4.78 is 593. The number of hydrogen-bond donors (Lipinski definition) is 0. The average molecular weight is 2130 g/mol. The van der Waals surface area contributed by atoms with Gasteiger partial charge in [-0.25, -0.2) is 0 Å². The average Bonchev–Trinajstić information content (AvgIpc) is 0.822. The molecule has 1 unspecified atom stereocenters. The van der Waals surface area contributed by atoms with Crippen LogP contribution >= 0.6 is 0 Å². The van der Waals surface area contributed by atoms with Crippen LogP contribution in [0.1, 0.15) is 71.9 Å². The molecule has 14 nitrogen and oxygen atoms in total. The number of ether oxygens (including phenoxy) is 14. The maximum absolute atomic E-state index is 12.6. The first kappa shape index (κ1) is 127. The molecule has 8 rings (SSSR count). The lowest BCUT2D eigenvalue weighted by molar-refractivity contribution is -0.264. The van der Waals surface area contributed by atoms with Crippen molar-refractivity contribution in [3.05, 3.63) is 205 Å². The Labute approximate surface area is 768 Å². The molecule has 0 aromatic heterocycles. The minimum absolute atomic E-state index is 0.00493. The second-order valence-electron chi connectivity index (χ2n) is 27.1. The van der Waals surface area contributed by atoms with E-state index in [1.54, 1.807) is 38.1 Å². The van der Waals surface area contributed by atoms with Gasteiger partial charge in [-0.3, -0.25) is 0 Å². The summed E-state index contributed by atoms with van der Waals surface area (Å²) in [7, 11) is 1.39. The number of methoxy groups -OCH3 is 1. The van der Waals surface area contributed by atoms with Crippen LogP contribution in [0.2, 0.25) is 0 Å². The van der Waals surface area contributed by atoms with Crippen LogP contribution in [0.25, 0.3) is 0 Å². The molecular formula is C83H74F44O14. The first-order valence-corrected chi connectivity index (χ1v) is 38.0. The summed E-state index contributed by atoms with van der Waals surface area (Å²) in [6.07, 6.45) is -95.0. The maximum atomic E-state index is 12.6. The van der Waals surface area contributed by atoms with Gasteiger partial charge in [0, 0.05) is 6.07 Å². The van der Waals surface area contributed by atoms with E-state index in [-0.39, 0.29) is 40.8 Å². The predicted octanol–water partition coefficient (Wildman–Crippen LogP) is 30.7. The first-order valence-electron chi connectivity index (χ1n) is 38.0. The van der Waals surface area contributed by atoms with Crippen LogP contribution in [0.5, 0.6) is 80.5 Å². The van der Waals surface area contributed by atoms with Gasteiger partial charge in [0.1, 0.15) is 57.5 Å². The molecule has 0 aliphatic heterocycles. The summed E-state index contributed by atoms with van der Waals surface area (Å²) in [6.45, 7) is 13.9. The van der Waals surface area contributed by atoms with Crippen molar-refractivity contribution in [1.82, 2.24) is 0 Å². The molecule has 8 aromatic carbocycles. The Balaban J connectivity index is 0.000000807. The molecule has 0 saturated heterocycles. The Bertz CT molecular complexity index is 4690. The largest absolute Gasteiger partial charge is 0.497 e. The van der Waals surface area contributed by atoms with Crippen LogP contribution in [0.4, 0.5) is 193 Å². The quantitative estimate of drug-likeness (QED) is 0.0338. The third-order valence-corrected chi connectivity index (χ3v) is 15.2. The number of hydrogen-bond acceptors (Lipinski definition) is 14. The topological polar surface area (TPSA) is 129 Å². The third kappa shape index (κ3) is 45.6. The van der Waals surface area contributed by atoms with Crippen molar-refractivity contribution in [1.29, 1.82) is 0 Å². The second kappa shape index (κ2) is 55.3. The highest BCUT2D eigenvalue weighted by Crippen LogP contribution is 2.43. The Morgan fingerprint density at radius 1 is 0.213 bits per heavy atom. The lowest BCUT2D eigenvalue weighted by Gasteiger charge is -2.21. The third-order valence-electron chi connectivity index (χ3n) is 15.2. The van der Waals surface area contributed by atoms with Crippen molar-refractivity contribution in [2.75, 3.05) is 20.3 Å². The number of halogens is 44. The van der Waals surface area contributed by atoms with Gasteiger partial charge in [-0.2, -0.15) is 193 Å². The van der Waals surface area contributed by atoms with E-state index in [1.165, 1.54) is 73.8 Å². The molecule has 0 aliphatic rings. The van der Waals surface area contributed by atoms with Crippen molar-refractivity contribution in [2.24, 2.45) is 0 Å². The Morgan fingerprint density at radius 2 is 0.404 bits per heavy atom. The molecule has 1 atom stereocenters. The van der Waals surface area contributed by atoms with Crippen molar-refractivity contribution in [3.8, 4) is 80.5 Å². The van der Waals surface area contributed by atoms with E-state index in [0.717, 1.165) is 78.2 Å². The van der Waals surface area contributed by atoms with Crippen molar-refractivity contribution in [3.63, 3.8) is 0 Å². The standard InChI is InChI=1S/2C12H14F4O.3C10H6F8O2.2C10H10F4O2.C9H8F4O2/c1-11(2,3)8-4-6-9(7-5-8)17-12(15,16)10(13)14;1-3-8(2)9-4-6-10(7-5-9)17-12(15,16)11(13)14;11-7(12)9(15,16)19-5-1-2-6(4-3-5)20-10(17,18)8(13)14;11-7(12)9(15,16)19-5-2-1-3-6(4-5)20-10(17,18)8(13)14;11-7(12)9(15,16)19-5-3-1-2-4-6(5)20-10(17,18)8(13)14;1-2-15-7-3-5-8(6-4-7)16-10(13,14)9(11)12;1-2-15-7-5-3-4-6-8(7)16-10(13,14)9(11)12;1-14-6-2-4-7(5-3-6)15-9(12,13)8(10)11/h4-7,10H,1-3H3;4-8,11H,3H2,1-2H3;3*1-4,7-8H;2*3-6,9H,2H2,1H3;2-5,8H,1H3. The molecule has 58 heteroatoms. The Kier molecular flexibility index (Phi) is 49.8. The molecule has 798 valence electrons. The molecule has 0 N–H and O–H groups in total. The SMILES string of the molecule is CC(C)(C)c1ccc(OC(F)(F)C(F)F)cc1.CCC(C)c1ccc(OC(F)(F)C(F)F)cc1.CCOc1ccc(OC(F)(F)C(F)F)cc1.CCOc1ccccc1OC(F)(F)C(F)F.COc1ccc(OC(F)(F)C(F)F)cc1.FC(F)C(F)(F)Oc1ccc(OC(F)(F)C(F)F)cc1.FC(F)C(F)(F)Oc1cccc(OC(F)(F)C(F)F)c1.FC(F)C(F)(F)Oc1ccccc1OC(F)(F)C(F)F. The van der Waals surface area contributed by atoms with Crippen LogP contribution in [0, 0.1) is 0 Å². The number of alkyl halides is 44. The van der Waals surface area contributed by atoms with Crippen LogP contribution in [0.3, 0.4) is 0 Å². The van der Waals surface area contributed by atoms with Crippen molar-refractivity contribution >= 4 is 0 Å².